The molecule has 0 amide bonds. The van der Waals surface area contributed by atoms with Crippen LogP contribution in [0.2, 0.25) is 5.15 Å². The van der Waals surface area contributed by atoms with Gasteiger partial charge in [-0.15, -0.1) is 0 Å². The molecule has 1 saturated heterocycles. The molecule has 11 heteroatoms. The lowest BCUT2D eigenvalue weighted by Gasteiger charge is -2.42. The molecule has 3 heterocycles. The first-order valence-corrected chi connectivity index (χ1v) is 12.0. The molecular formula is C23H34ClN5O5. The summed E-state index contributed by atoms with van der Waals surface area (Å²) in [6, 6.07) is 2.96. The third kappa shape index (κ3) is 6.37. The molecule has 2 unspecified atom stereocenters. The lowest BCUT2D eigenvalue weighted by molar-refractivity contribution is -0.434. The van der Waals surface area contributed by atoms with Crippen molar-refractivity contribution in [2.45, 2.75) is 52.3 Å². The maximum absolute atomic E-state index is 13.0. The van der Waals surface area contributed by atoms with Gasteiger partial charge in [0, 0.05) is 32.9 Å². The summed E-state index contributed by atoms with van der Waals surface area (Å²) in [6.45, 7) is 8.13. The molecule has 1 aromatic heterocycles. The maximum atomic E-state index is 13.0. The number of nitrogens with zero attached hydrogens (tertiary/aromatic N) is 5. The first-order chi connectivity index (χ1) is 16.2. The topological polar surface area (TPSA) is 101 Å². The molecule has 0 aliphatic carbocycles. The average Bonchev–Trinajstić information content (AvgIpc) is 3.31. The van der Waals surface area contributed by atoms with Gasteiger partial charge in [0.2, 0.25) is 0 Å². The van der Waals surface area contributed by atoms with Gasteiger partial charge in [-0.2, -0.15) is 0 Å². The van der Waals surface area contributed by atoms with Gasteiger partial charge in [0.05, 0.1) is 24.2 Å². The van der Waals surface area contributed by atoms with Crippen LogP contribution in [0.15, 0.2) is 29.8 Å². The number of aromatic nitrogens is 1. The van der Waals surface area contributed by atoms with Gasteiger partial charge in [0.25, 0.3) is 5.70 Å². The Bertz CT molecular complexity index is 888. The molecular weight excluding hydrogens is 462 g/mol. The van der Waals surface area contributed by atoms with Gasteiger partial charge in [0.15, 0.2) is 5.82 Å². The molecule has 0 radical (unpaired) electrons. The van der Waals surface area contributed by atoms with Gasteiger partial charge >= 0.3 is 5.97 Å². The minimum atomic E-state index is -0.601. The first-order valence-electron chi connectivity index (χ1n) is 11.7. The Morgan fingerprint density at radius 2 is 2.21 bits per heavy atom. The summed E-state index contributed by atoms with van der Waals surface area (Å²) < 4.78 is 11.1. The van der Waals surface area contributed by atoms with Crippen LogP contribution in [0.5, 0.6) is 0 Å². The zero-order valence-electron chi connectivity index (χ0n) is 20.3. The van der Waals surface area contributed by atoms with E-state index in [1.165, 1.54) is 0 Å². The highest BCUT2D eigenvalue weighted by Gasteiger charge is 2.40. The van der Waals surface area contributed by atoms with Gasteiger partial charge in [-0.05, 0) is 37.3 Å². The fourth-order valence-electron chi connectivity index (χ4n) is 4.56. The van der Waals surface area contributed by atoms with Crippen molar-refractivity contribution >= 4 is 17.6 Å². The Morgan fingerprint density at radius 1 is 1.44 bits per heavy atom. The standard InChI is InChI=1S/C23H34ClN5O5/c1-5-27(12-17-8-9-20(24)25-11-17)22-19(29(31)32)13-28(15-26(22)4)21(16(2)3)23(30)34-14-18-7-6-10-33-18/h8-9,11,16,18,21H,5-7,10,12-15H2,1-4H3. The van der Waals surface area contributed by atoms with Crippen molar-refractivity contribution < 1.29 is 19.2 Å². The molecule has 0 spiro atoms. The summed E-state index contributed by atoms with van der Waals surface area (Å²) in [5.74, 6) is 0.0842. The number of halogens is 1. The molecule has 2 aliphatic rings. The van der Waals surface area contributed by atoms with Crippen LogP contribution in [-0.4, -0.2) is 82.7 Å². The van der Waals surface area contributed by atoms with E-state index in [0.29, 0.717) is 37.3 Å². The smallest absolute Gasteiger partial charge is 0.323 e. The summed E-state index contributed by atoms with van der Waals surface area (Å²) >= 11 is 5.89. The third-order valence-electron chi connectivity index (χ3n) is 6.13. The average molecular weight is 496 g/mol. The predicted octanol–water partition coefficient (Wildman–Crippen LogP) is 2.95. The number of pyridine rings is 1. The van der Waals surface area contributed by atoms with Crippen LogP contribution in [0.1, 0.15) is 39.2 Å². The van der Waals surface area contributed by atoms with Gasteiger partial charge in [-0.3, -0.25) is 19.8 Å². The minimum Gasteiger partial charge on any atom is -0.462 e. The van der Waals surface area contributed by atoms with E-state index in [0.717, 1.165) is 18.4 Å². The number of carbonyl (C=O) groups is 1. The fourth-order valence-corrected chi connectivity index (χ4v) is 4.67. The fraction of sp³-hybridized carbons (Fsp3) is 0.652. The Kier molecular flexibility index (Phi) is 9.10. The van der Waals surface area contributed by atoms with Crippen molar-refractivity contribution in [2.24, 2.45) is 5.92 Å². The molecule has 2 atom stereocenters. The molecule has 2 aliphatic heterocycles. The Labute approximate surface area is 205 Å². The Hall–Kier alpha value is -2.43. The predicted molar refractivity (Wildman–Crippen MR) is 127 cm³/mol. The number of hydrogen-bond donors (Lipinski definition) is 0. The lowest BCUT2D eigenvalue weighted by Crippen LogP contribution is -2.55. The number of rotatable bonds is 10. The van der Waals surface area contributed by atoms with E-state index in [4.69, 9.17) is 21.1 Å². The lowest BCUT2D eigenvalue weighted by atomic mass is 10.0. The van der Waals surface area contributed by atoms with Gasteiger partial charge in [0.1, 0.15) is 17.8 Å². The minimum absolute atomic E-state index is 0.0416. The molecule has 0 aromatic carbocycles. The van der Waals surface area contributed by atoms with E-state index in [9.17, 15) is 14.9 Å². The molecule has 1 aromatic rings. The van der Waals surface area contributed by atoms with E-state index in [-0.39, 0.29) is 41.8 Å². The van der Waals surface area contributed by atoms with Crippen LogP contribution >= 0.6 is 11.6 Å². The highest BCUT2D eigenvalue weighted by atomic mass is 35.5. The van der Waals surface area contributed by atoms with Crippen LogP contribution in [0.4, 0.5) is 0 Å². The molecule has 0 N–H and O–H groups in total. The largest absolute Gasteiger partial charge is 0.462 e. The SMILES string of the molecule is CCN(Cc1ccc(Cl)nc1)C1=C([N+](=O)[O-])CN(C(C(=O)OCC2CCCO2)C(C)C)CN1C. The third-order valence-corrected chi connectivity index (χ3v) is 6.36. The van der Waals surface area contributed by atoms with Crippen molar-refractivity contribution in [3.8, 4) is 0 Å². The van der Waals surface area contributed by atoms with Crippen molar-refractivity contribution in [1.82, 2.24) is 19.7 Å². The highest BCUT2D eigenvalue weighted by Crippen LogP contribution is 2.27. The van der Waals surface area contributed by atoms with Crippen LogP contribution in [0.3, 0.4) is 0 Å². The summed E-state index contributed by atoms with van der Waals surface area (Å²) in [5.41, 5.74) is 0.949. The quantitative estimate of drug-likeness (QED) is 0.210. The van der Waals surface area contributed by atoms with Crippen LogP contribution < -0.4 is 0 Å². The molecule has 34 heavy (non-hydrogen) atoms. The van der Waals surface area contributed by atoms with Gasteiger partial charge in [-0.1, -0.05) is 31.5 Å². The van der Waals surface area contributed by atoms with Crippen molar-refractivity contribution in [2.75, 3.05) is 40.0 Å². The molecule has 0 saturated carbocycles. The number of esters is 1. The van der Waals surface area contributed by atoms with E-state index in [1.54, 1.807) is 12.3 Å². The zero-order chi connectivity index (χ0) is 24.8. The van der Waals surface area contributed by atoms with Crippen LogP contribution in [-0.2, 0) is 20.8 Å². The Morgan fingerprint density at radius 3 is 2.76 bits per heavy atom. The second-order valence-corrected chi connectivity index (χ2v) is 9.46. The van der Waals surface area contributed by atoms with Crippen molar-refractivity contribution in [1.29, 1.82) is 0 Å². The normalized spacial score (nSPS) is 20.1. The first kappa shape index (κ1) is 26.2. The summed E-state index contributed by atoms with van der Waals surface area (Å²) in [6.07, 6.45) is 3.44. The summed E-state index contributed by atoms with van der Waals surface area (Å²) in [7, 11) is 1.81. The van der Waals surface area contributed by atoms with E-state index >= 15 is 0 Å². The Balaban J connectivity index is 1.80. The number of carbonyl (C=O) groups excluding carboxylic acids is 1. The highest BCUT2D eigenvalue weighted by molar-refractivity contribution is 6.29. The van der Waals surface area contributed by atoms with E-state index < -0.39 is 6.04 Å². The van der Waals surface area contributed by atoms with E-state index in [1.807, 2.05) is 48.6 Å². The van der Waals surface area contributed by atoms with Crippen molar-refractivity contribution in [3.05, 3.63) is 50.7 Å². The van der Waals surface area contributed by atoms with Gasteiger partial charge < -0.3 is 19.3 Å². The maximum Gasteiger partial charge on any atom is 0.323 e. The van der Waals surface area contributed by atoms with Crippen LogP contribution in [0, 0.1) is 16.0 Å². The monoisotopic (exact) mass is 495 g/mol. The zero-order valence-corrected chi connectivity index (χ0v) is 21.0. The summed E-state index contributed by atoms with van der Waals surface area (Å²) in [5, 5.41) is 12.5. The van der Waals surface area contributed by atoms with Crippen LogP contribution in [0.25, 0.3) is 0 Å². The molecule has 0 bridgehead atoms. The molecule has 188 valence electrons. The molecule has 3 rings (SSSR count). The molecule has 10 nitrogen and oxygen atoms in total. The van der Waals surface area contributed by atoms with Crippen molar-refractivity contribution in [3.63, 3.8) is 0 Å². The molecule has 1 fully saturated rings. The number of nitro groups is 1. The van der Waals surface area contributed by atoms with E-state index in [2.05, 4.69) is 4.98 Å². The van der Waals surface area contributed by atoms with Gasteiger partial charge in [-0.25, -0.2) is 4.98 Å². The summed E-state index contributed by atoms with van der Waals surface area (Å²) in [4.78, 5) is 34.5. The second kappa shape index (κ2) is 11.8. The second-order valence-electron chi connectivity index (χ2n) is 9.07. The number of ether oxygens (including phenoxy) is 2. The number of hydrogen-bond acceptors (Lipinski definition) is 9.